The zero-order valence-electron chi connectivity index (χ0n) is 18.1. The van der Waals surface area contributed by atoms with Crippen molar-refractivity contribution in [2.24, 2.45) is 0 Å². The molecule has 0 saturated carbocycles. The standard InChI is InChI=1S/C25H30N2O4/c1-30-25(29)21-6-4-19(5-7-21)18-26-16-12-23(13-17-26)31-22-10-8-20(9-11-22)24(28)27-14-2-3-15-27/h4-11,23H,2-3,12-18H2,1H3. The van der Waals surface area contributed by atoms with E-state index in [4.69, 9.17) is 9.47 Å². The quantitative estimate of drug-likeness (QED) is 0.664. The summed E-state index contributed by atoms with van der Waals surface area (Å²) in [6.45, 7) is 4.53. The molecular formula is C25H30N2O4. The van der Waals surface area contributed by atoms with Crippen LogP contribution < -0.4 is 4.74 Å². The molecule has 0 spiro atoms. The summed E-state index contributed by atoms with van der Waals surface area (Å²) >= 11 is 0. The van der Waals surface area contributed by atoms with E-state index in [9.17, 15) is 9.59 Å². The van der Waals surface area contributed by atoms with E-state index in [-0.39, 0.29) is 18.0 Å². The van der Waals surface area contributed by atoms with Crippen molar-refractivity contribution in [1.29, 1.82) is 0 Å². The first-order valence-corrected chi connectivity index (χ1v) is 11.1. The van der Waals surface area contributed by atoms with E-state index < -0.39 is 0 Å². The summed E-state index contributed by atoms with van der Waals surface area (Å²) in [6, 6.07) is 15.2. The number of methoxy groups -OCH3 is 1. The fraction of sp³-hybridized carbons (Fsp3) is 0.440. The highest BCUT2D eigenvalue weighted by atomic mass is 16.5. The number of amides is 1. The number of rotatable bonds is 6. The highest BCUT2D eigenvalue weighted by molar-refractivity contribution is 5.94. The van der Waals surface area contributed by atoms with Crippen LogP contribution in [0.5, 0.6) is 5.75 Å². The number of hydrogen-bond donors (Lipinski definition) is 0. The van der Waals surface area contributed by atoms with Gasteiger partial charge in [-0.05, 0) is 67.6 Å². The molecule has 2 heterocycles. The Bertz CT molecular complexity index is 881. The molecule has 2 aliphatic heterocycles. The Morgan fingerprint density at radius 2 is 1.48 bits per heavy atom. The maximum absolute atomic E-state index is 12.5. The molecule has 0 N–H and O–H groups in total. The van der Waals surface area contributed by atoms with Crippen LogP contribution in [-0.2, 0) is 11.3 Å². The molecule has 0 aromatic heterocycles. The summed E-state index contributed by atoms with van der Waals surface area (Å²) in [4.78, 5) is 28.3. The second-order valence-electron chi connectivity index (χ2n) is 8.31. The van der Waals surface area contributed by atoms with E-state index in [1.807, 2.05) is 53.4 Å². The molecule has 2 fully saturated rings. The van der Waals surface area contributed by atoms with Crippen molar-refractivity contribution < 1.29 is 19.1 Å². The van der Waals surface area contributed by atoms with Gasteiger partial charge in [-0.25, -0.2) is 4.79 Å². The molecule has 1 amide bonds. The molecule has 0 unspecified atom stereocenters. The Balaban J connectivity index is 1.23. The van der Waals surface area contributed by atoms with E-state index >= 15 is 0 Å². The molecule has 6 heteroatoms. The van der Waals surface area contributed by atoms with Crippen LogP contribution in [0.2, 0.25) is 0 Å². The second-order valence-corrected chi connectivity index (χ2v) is 8.31. The highest BCUT2D eigenvalue weighted by Crippen LogP contribution is 2.22. The molecule has 4 rings (SSSR count). The lowest BCUT2D eigenvalue weighted by Gasteiger charge is -2.32. The summed E-state index contributed by atoms with van der Waals surface area (Å²) in [5.74, 6) is 0.643. The molecule has 2 aromatic rings. The van der Waals surface area contributed by atoms with Crippen LogP contribution in [0.15, 0.2) is 48.5 Å². The van der Waals surface area contributed by atoms with Gasteiger partial charge in [-0.3, -0.25) is 9.69 Å². The molecule has 0 bridgehead atoms. The van der Waals surface area contributed by atoms with Gasteiger partial charge in [0.15, 0.2) is 0 Å². The Morgan fingerprint density at radius 3 is 2.10 bits per heavy atom. The molecule has 2 aliphatic rings. The van der Waals surface area contributed by atoms with Gasteiger partial charge in [0.05, 0.1) is 12.7 Å². The Morgan fingerprint density at radius 1 is 0.871 bits per heavy atom. The van der Waals surface area contributed by atoms with Crippen molar-refractivity contribution in [1.82, 2.24) is 9.80 Å². The minimum absolute atomic E-state index is 0.122. The van der Waals surface area contributed by atoms with Crippen LogP contribution in [-0.4, -0.2) is 61.1 Å². The topological polar surface area (TPSA) is 59.1 Å². The van der Waals surface area contributed by atoms with Crippen molar-refractivity contribution >= 4 is 11.9 Å². The van der Waals surface area contributed by atoms with E-state index in [0.29, 0.717) is 5.56 Å². The normalized spacial score (nSPS) is 17.5. The number of piperidine rings is 1. The predicted molar refractivity (Wildman–Crippen MR) is 118 cm³/mol. The number of nitrogens with zero attached hydrogens (tertiary/aromatic N) is 2. The van der Waals surface area contributed by atoms with E-state index in [1.165, 1.54) is 12.7 Å². The van der Waals surface area contributed by atoms with Crippen LogP contribution >= 0.6 is 0 Å². The number of hydrogen-bond acceptors (Lipinski definition) is 5. The molecule has 31 heavy (non-hydrogen) atoms. The van der Waals surface area contributed by atoms with E-state index in [2.05, 4.69) is 4.90 Å². The van der Waals surface area contributed by atoms with Gasteiger partial charge in [-0.1, -0.05) is 12.1 Å². The van der Waals surface area contributed by atoms with Gasteiger partial charge >= 0.3 is 5.97 Å². The van der Waals surface area contributed by atoms with Gasteiger partial charge < -0.3 is 14.4 Å². The molecule has 164 valence electrons. The first kappa shape index (κ1) is 21.4. The van der Waals surface area contributed by atoms with Crippen molar-refractivity contribution in [2.75, 3.05) is 33.3 Å². The Labute approximate surface area is 183 Å². The molecule has 2 aromatic carbocycles. The maximum Gasteiger partial charge on any atom is 0.337 e. The number of carbonyl (C=O) groups excluding carboxylic acids is 2. The number of esters is 1. The zero-order chi connectivity index (χ0) is 21.6. The summed E-state index contributed by atoms with van der Waals surface area (Å²) in [5, 5.41) is 0. The summed E-state index contributed by atoms with van der Waals surface area (Å²) in [5.41, 5.74) is 2.50. The maximum atomic E-state index is 12.5. The third-order valence-corrected chi connectivity index (χ3v) is 6.11. The SMILES string of the molecule is COC(=O)c1ccc(CN2CCC(Oc3ccc(C(=O)N4CCCC4)cc3)CC2)cc1. The number of likely N-dealkylation sites (tertiary alicyclic amines) is 2. The summed E-state index contributed by atoms with van der Waals surface area (Å²) in [6.07, 6.45) is 4.33. The average Bonchev–Trinajstić information content (AvgIpc) is 3.35. The molecule has 0 radical (unpaired) electrons. The Kier molecular flexibility index (Phi) is 6.87. The van der Waals surface area contributed by atoms with Crippen molar-refractivity contribution in [3.8, 4) is 5.75 Å². The van der Waals surface area contributed by atoms with Gasteiger partial charge in [-0.15, -0.1) is 0 Å². The minimum atomic E-state index is -0.307. The average molecular weight is 423 g/mol. The first-order valence-electron chi connectivity index (χ1n) is 11.1. The number of benzene rings is 2. The number of ether oxygens (including phenoxy) is 2. The first-order chi connectivity index (χ1) is 15.1. The van der Waals surface area contributed by atoms with Crippen LogP contribution in [0.1, 0.15) is 52.0 Å². The second kappa shape index (κ2) is 9.96. The Hall–Kier alpha value is -2.86. The lowest BCUT2D eigenvalue weighted by Crippen LogP contribution is -2.37. The number of carbonyl (C=O) groups is 2. The van der Waals surface area contributed by atoms with Crippen LogP contribution in [0.4, 0.5) is 0 Å². The minimum Gasteiger partial charge on any atom is -0.490 e. The highest BCUT2D eigenvalue weighted by Gasteiger charge is 2.22. The fourth-order valence-corrected chi connectivity index (χ4v) is 4.28. The molecule has 2 saturated heterocycles. The summed E-state index contributed by atoms with van der Waals surface area (Å²) in [7, 11) is 1.39. The molecular weight excluding hydrogens is 392 g/mol. The van der Waals surface area contributed by atoms with E-state index in [1.54, 1.807) is 0 Å². The van der Waals surface area contributed by atoms with Crippen LogP contribution in [0, 0.1) is 0 Å². The van der Waals surface area contributed by atoms with Crippen LogP contribution in [0.3, 0.4) is 0 Å². The van der Waals surface area contributed by atoms with Gasteiger partial charge in [-0.2, -0.15) is 0 Å². The molecule has 6 nitrogen and oxygen atoms in total. The van der Waals surface area contributed by atoms with Crippen molar-refractivity contribution in [3.63, 3.8) is 0 Å². The lowest BCUT2D eigenvalue weighted by molar-refractivity contribution is 0.0600. The van der Waals surface area contributed by atoms with Gasteiger partial charge in [0.1, 0.15) is 11.9 Å². The monoisotopic (exact) mass is 422 g/mol. The summed E-state index contributed by atoms with van der Waals surface area (Å²) < 4.78 is 10.9. The van der Waals surface area contributed by atoms with Gasteiger partial charge in [0.25, 0.3) is 5.91 Å². The fourth-order valence-electron chi connectivity index (χ4n) is 4.28. The van der Waals surface area contributed by atoms with Crippen molar-refractivity contribution in [3.05, 3.63) is 65.2 Å². The van der Waals surface area contributed by atoms with Gasteiger partial charge in [0.2, 0.25) is 0 Å². The lowest BCUT2D eigenvalue weighted by atomic mass is 10.1. The smallest absolute Gasteiger partial charge is 0.337 e. The molecule has 0 atom stereocenters. The predicted octanol–water partition coefficient (Wildman–Crippen LogP) is 3.75. The third kappa shape index (κ3) is 5.44. The van der Waals surface area contributed by atoms with Crippen molar-refractivity contribution in [2.45, 2.75) is 38.3 Å². The zero-order valence-corrected chi connectivity index (χ0v) is 18.1. The molecule has 0 aliphatic carbocycles. The third-order valence-electron chi connectivity index (χ3n) is 6.11. The largest absolute Gasteiger partial charge is 0.490 e. The van der Waals surface area contributed by atoms with Crippen LogP contribution in [0.25, 0.3) is 0 Å². The van der Waals surface area contributed by atoms with Gasteiger partial charge in [0, 0.05) is 38.3 Å². The van der Waals surface area contributed by atoms with E-state index in [0.717, 1.165) is 69.7 Å².